The molecule has 0 aliphatic carbocycles. The molecule has 138 valence electrons. The number of rotatable bonds is 2. The van der Waals surface area contributed by atoms with Crippen molar-refractivity contribution in [2.75, 3.05) is 36.4 Å². The molecule has 0 unspecified atom stereocenters. The first kappa shape index (κ1) is 19.1. The van der Waals surface area contributed by atoms with Gasteiger partial charge in [0.05, 0.1) is 0 Å². The van der Waals surface area contributed by atoms with Crippen molar-refractivity contribution in [1.29, 1.82) is 0 Å². The van der Waals surface area contributed by atoms with Gasteiger partial charge >= 0.3 is 12.1 Å². The number of amides is 2. The molecule has 1 saturated heterocycles. The molecule has 2 rings (SSSR count). The highest BCUT2D eigenvalue weighted by Crippen LogP contribution is 2.24. The molecule has 0 radical (unpaired) electrons. The minimum absolute atomic E-state index is 0.0286. The normalized spacial score (nSPS) is 15.9. The number of hydrogen-bond donors (Lipinski definition) is 1. The molecule has 1 heterocycles. The van der Waals surface area contributed by atoms with Gasteiger partial charge in [-0.25, -0.2) is 0 Å². The molecular weight excluding hydrogens is 335 g/mol. The third kappa shape index (κ3) is 4.87. The number of nitrogens with one attached hydrogen (secondary N) is 1. The zero-order chi connectivity index (χ0) is 18.8. The highest BCUT2D eigenvalue weighted by atomic mass is 19.4. The Morgan fingerprint density at radius 3 is 1.92 bits per heavy atom. The molecule has 5 nitrogen and oxygen atoms in total. The summed E-state index contributed by atoms with van der Waals surface area (Å²) in [5.41, 5.74) is 1.00. The summed E-state index contributed by atoms with van der Waals surface area (Å²) in [6.45, 7) is 6.17. The van der Waals surface area contributed by atoms with Crippen molar-refractivity contribution in [2.45, 2.75) is 26.9 Å². The average molecular weight is 357 g/mol. The molecule has 1 aromatic carbocycles. The summed E-state index contributed by atoms with van der Waals surface area (Å²) in [6, 6.07) is 7.12. The fraction of sp³-hybridized carbons (Fsp3) is 0.529. The maximum absolute atomic E-state index is 12.4. The van der Waals surface area contributed by atoms with Gasteiger partial charge in [0.15, 0.2) is 0 Å². The van der Waals surface area contributed by atoms with Crippen LogP contribution in [0.3, 0.4) is 0 Å². The molecule has 1 N–H and O–H groups in total. The van der Waals surface area contributed by atoms with E-state index in [-0.39, 0.29) is 19.0 Å². The lowest BCUT2D eigenvalue weighted by Gasteiger charge is -2.36. The van der Waals surface area contributed by atoms with Crippen LogP contribution in [0.1, 0.15) is 20.8 Å². The van der Waals surface area contributed by atoms with E-state index in [1.54, 1.807) is 24.3 Å². The van der Waals surface area contributed by atoms with Crippen molar-refractivity contribution in [1.82, 2.24) is 4.90 Å². The lowest BCUT2D eigenvalue weighted by Crippen LogP contribution is -2.52. The summed E-state index contributed by atoms with van der Waals surface area (Å²) in [5, 5.41) is 2.82. The number of carbonyl (C=O) groups is 2. The van der Waals surface area contributed by atoms with E-state index < -0.39 is 17.5 Å². The van der Waals surface area contributed by atoms with Crippen LogP contribution in [0.4, 0.5) is 24.5 Å². The SMILES string of the molecule is CC(C)(C)C(=O)Nc1ccc(N2CCN(C(=O)C(F)(F)F)CC2)cc1. The van der Waals surface area contributed by atoms with Gasteiger partial charge in [0.25, 0.3) is 0 Å². The molecule has 2 amide bonds. The summed E-state index contributed by atoms with van der Waals surface area (Å²) < 4.78 is 37.3. The predicted molar refractivity (Wildman–Crippen MR) is 89.4 cm³/mol. The summed E-state index contributed by atoms with van der Waals surface area (Å²) in [4.78, 5) is 25.9. The molecule has 0 bridgehead atoms. The Morgan fingerprint density at radius 2 is 1.48 bits per heavy atom. The second-order valence-electron chi connectivity index (χ2n) is 7.03. The van der Waals surface area contributed by atoms with Gasteiger partial charge in [0, 0.05) is 43.0 Å². The van der Waals surface area contributed by atoms with Crippen molar-refractivity contribution in [3.63, 3.8) is 0 Å². The summed E-state index contributed by atoms with van der Waals surface area (Å²) in [5.74, 6) is -1.88. The smallest absolute Gasteiger partial charge is 0.368 e. The van der Waals surface area contributed by atoms with Crippen molar-refractivity contribution >= 4 is 23.2 Å². The molecule has 1 aliphatic heterocycles. The van der Waals surface area contributed by atoms with Crippen molar-refractivity contribution < 1.29 is 22.8 Å². The van der Waals surface area contributed by atoms with E-state index in [0.29, 0.717) is 18.8 Å². The van der Waals surface area contributed by atoms with Crippen LogP contribution in [0, 0.1) is 5.41 Å². The Labute approximate surface area is 144 Å². The Hall–Kier alpha value is -2.25. The van der Waals surface area contributed by atoms with E-state index in [1.807, 2.05) is 25.7 Å². The number of carbonyl (C=O) groups excluding carboxylic acids is 2. The third-order valence-electron chi connectivity index (χ3n) is 3.98. The molecule has 25 heavy (non-hydrogen) atoms. The van der Waals surface area contributed by atoms with E-state index in [9.17, 15) is 22.8 Å². The molecule has 0 saturated carbocycles. The molecule has 0 spiro atoms. The molecule has 0 aromatic heterocycles. The minimum Gasteiger partial charge on any atom is -0.368 e. The van der Waals surface area contributed by atoms with Crippen LogP contribution in [0.15, 0.2) is 24.3 Å². The Balaban J connectivity index is 1.94. The molecule has 0 atom stereocenters. The first-order valence-electron chi connectivity index (χ1n) is 8.01. The molecule has 1 fully saturated rings. The highest BCUT2D eigenvalue weighted by Gasteiger charge is 2.43. The first-order chi connectivity index (χ1) is 11.5. The maximum Gasteiger partial charge on any atom is 0.471 e. The predicted octanol–water partition coefficient (Wildman–Crippen LogP) is 2.88. The van der Waals surface area contributed by atoms with Crippen LogP contribution in [0.5, 0.6) is 0 Å². The standard InChI is InChI=1S/C17H22F3N3O2/c1-16(2,3)14(24)21-12-4-6-13(7-5-12)22-8-10-23(11-9-22)15(25)17(18,19)20/h4-7H,8-11H2,1-3H3,(H,21,24). The summed E-state index contributed by atoms with van der Waals surface area (Å²) >= 11 is 0. The quantitative estimate of drug-likeness (QED) is 0.886. The largest absolute Gasteiger partial charge is 0.471 e. The monoisotopic (exact) mass is 357 g/mol. The van der Waals surface area contributed by atoms with E-state index in [1.165, 1.54) is 0 Å². The topological polar surface area (TPSA) is 52.7 Å². The van der Waals surface area contributed by atoms with Crippen LogP contribution in [-0.4, -0.2) is 49.1 Å². The van der Waals surface area contributed by atoms with E-state index in [4.69, 9.17) is 0 Å². The zero-order valence-corrected chi connectivity index (χ0v) is 14.5. The third-order valence-corrected chi connectivity index (χ3v) is 3.98. The fourth-order valence-corrected chi connectivity index (χ4v) is 2.42. The number of anilines is 2. The lowest BCUT2D eigenvalue weighted by molar-refractivity contribution is -0.185. The van der Waals surface area contributed by atoms with Crippen LogP contribution < -0.4 is 10.2 Å². The number of halogens is 3. The second-order valence-corrected chi connectivity index (χ2v) is 7.03. The Bertz CT molecular complexity index is 628. The van der Waals surface area contributed by atoms with E-state index in [2.05, 4.69) is 5.32 Å². The van der Waals surface area contributed by atoms with Gasteiger partial charge in [-0.3, -0.25) is 9.59 Å². The first-order valence-corrected chi connectivity index (χ1v) is 8.01. The van der Waals surface area contributed by atoms with Crippen LogP contribution in [0.2, 0.25) is 0 Å². The van der Waals surface area contributed by atoms with Crippen LogP contribution in [-0.2, 0) is 9.59 Å². The van der Waals surface area contributed by atoms with Gasteiger partial charge in [0.1, 0.15) is 0 Å². The highest BCUT2D eigenvalue weighted by molar-refractivity contribution is 5.94. The van der Waals surface area contributed by atoms with Gasteiger partial charge in [0.2, 0.25) is 5.91 Å². The molecule has 8 heteroatoms. The zero-order valence-electron chi connectivity index (χ0n) is 14.5. The molecule has 1 aliphatic rings. The van der Waals surface area contributed by atoms with Gasteiger partial charge in [-0.05, 0) is 24.3 Å². The fourth-order valence-electron chi connectivity index (χ4n) is 2.42. The van der Waals surface area contributed by atoms with Gasteiger partial charge in [-0.1, -0.05) is 20.8 Å². The average Bonchev–Trinajstić information content (AvgIpc) is 2.53. The second kappa shape index (κ2) is 6.93. The minimum atomic E-state index is -4.82. The van der Waals surface area contributed by atoms with Gasteiger partial charge < -0.3 is 15.1 Å². The van der Waals surface area contributed by atoms with Crippen LogP contribution >= 0.6 is 0 Å². The van der Waals surface area contributed by atoms with Gasteiger partial charge in [-0.2, -0.15) is 13.2 Å². The number of alkyl halides is 3. The van der Waals surface area contributed by atoms with Crippen LogP contribution in [0.25, 0.3) is 0 Å². The Kier molecular flexibility index (Phi) is 5.29. The lowest BCUT2D eigenvalue weighted by atomic mass is 9.95. The Morgan fingerprint density at radius 1 is 0.960 bits per heavy atom. The molecular formula is C17H22F3N3O2. The summed E-state index contributed by atoms with van der Waals surface area (Å²) in [6.07, 6.45) is -4.82. The van der Waals surface area contributed by atoms with E-state index >= 15 is 0 Å². The van der Waals surface area contributed by atoms with Crippen molar-refractivity contribution in [2.24, 2.45) is 5.41 Å². The van der Waals surface area contributed by atoms with E-state index in [0.717, 1.165) is 10.6 Å². The summed E-state index contributed by atoms with van der Waals surface area (Å²) in [7, 11) is 0. The van der Waals surface area contributed by atoms with Gasteiger partial charge in [-0.15, -0.1) is 0 Å². The number of hydrogen-bond acceptors (Lipinski definition) is 3. The molecule has 1 aromatic rings. The van der Waals surface area contributed by atoms with Crippen molar-refractivity contribution in [3.8, 4) is 0 Å². The number of benzene rings is 1. The number of piperazine rings is 1. The maximum atomic E-state index is 12.4. The van der Waals surface area contributed by atoms with Crippen molar-refractivity contribution in [3.05, 3.63) is 24.3 Å². The number of nitrogens with zero attached hydrogens (tertiary/aromatic N) is 2.